The van der Waals surface area contributed by atoms with Crippen LogP contribution < -0.4 is 0 Å². The highest BCUT2D eigenvalue weighted by molar-refractivity contribution is 5.94. The molecule has 4 nitrogen and oxygen atoms in total. The summed E-state index contributed by atoms with van der Waals surface area (Å²) in [6.45, 7) is 3.08. The van der Waals surface area contributed by atoms with Crippen LogP contribution in [0.1, 0.15) is 39.5 Å². The van der Waals surface area contributed by atoms with Crippen LogP contribution in [0.15, 0.2) is 0 Å². The normalized spacial score (nSPS) is 27.8. The second kappa shape index (κ2) is 4.51. The lowest BCUT2D eigenvalue weighted by molar-refractivity contribution is -0.182. The van der Waals surface area contributed by atoms with Crippen LogP contribution in [-0.4, -0.2) is 46.3 Å². The second-order valence-electron chi connectivity index (χ2n) is 5.87. The number of nitrogens with zero attached hydrogens (tertiary/aromatic N) is 1. The topological polar surface area (TPSA) is 57.6 Å². The molecule has 0 aromatic heterocycles. The molecule has 1 spiro atoms. The number of β-lactam (4-membered cyclic amide) rings is 1. The van der Waals surface area contributed by atoms with Gasteiger partial charge in [0.2, 0.25) is 11.8 Å². The van der Waals surface area contributed by atoms with Gasteiger partial charge in [-0.1, -0.05) is 0 Å². The molecule has 1 saturated heterocycles. The lowest BCUT2D eigenvalue weighted by Crippen LogP contribution is -2.68. The number of hydrogen-bond acceptors (Lipinski definition) is 3. The summed E-state index contributed by atoms with van der Waals surface area (Å²) in [5, 5.41) is 9.57. The lowest BCUT2D eigenvalue weighted by Gasteiger charge is -2.54. The molecule has 1 amide bonds. The number of carbonyl (C=O) groups excluding carboxylic acids is 2. The SMILES string of the molecule is CC(=O)C([C@@H](C)O)N1CC2(CCC(F)(F)CC2)C1=O. The van der Waals surface area contributed by atoms with E-state index in [9.17, 15) is 23.5 Å². The Hall–Kier alpha value is -1.04. The number of halogens is 2. The number of carbonyl (C=O) groups is 2. The quantitative estimate of drug-likeness (QED) is 0.791. The molecule has 2 fully saturated rings. The molecule has 1 aliphatic carbocycles. The number of ketones is 1. The Morgan fingerprint density at radius 1 is 1.32 bits per heavy atom. The van der Waals surface area contributed by atoms with Crippen molar-refractivity contribution >= 4 is 11.7 Å². The van der Waals surface area contributed by atoms with Gasteiger partial charge in [0.25, 0.3) is 0 Å². The zero-order chi connectivity index (χ0) is 14.4. The number of rotatable bonds is 3. The molecule has 0 aromatic carbocycles. The van der Waals surface area contributed by atoms with Crippen LogP contribution in [0.25, 0.3) is 0 Å². The van der Waals surface area contributed by atoms with Crippen molar-refractivity contribution in [2.24, 2.45) is 5.41 Å². The average Bonchev–Trinajstić information content (AvgIpc) is 2.29. The average molecular weight is 275 g/mol. The Balaban J connectivity index is 2.05. The highest BCUT2D eigenvalue weighted by Crippen LogP contribution is 2.50. The van der Waals surface area contributed by atoms with E-state index < -0.39 is 23.5 Å². The molecule has 6 heteroatoms. The molecule has 2 atom stereocenters. The molecule has 1 unspecified atom stereocenters. The van der Waals surface area contributed by atoms with Gasteiger partial charge in [-0.2, -0.15) is 0 Å². The number of alkyl halides is 2. The molecular weight excluding hydrogens is 256 g/mol. The van der Waals surface area contributed by atoms with E-state index in [1.165, 1.54) is 18.7 Å². The zero-order valence-electron chi connectivity index (χ0n) is 11.2. The molecular formula is C13H19F2NO3. The fourth-order valence-corrected chi connectivity index (χ4v) is 3.19. The zero-order valence-corrected chi connectivity index (χ0v) is 11.2. The van der Waals surface area contributed by atoms with Crippen molar-refractivity contribution in [1.82, 2.24) is 4.90 Å². The first-order valence-corrected chi connectivity index (χ1v) is 6.56. The van der Waals surface area contributed by atoms with Gasteiger partial charge in [0, 0.05) is 19.4 Å². The van der Waals surface area contributed by atoms with Crippen LogP contribution in [0.3, 0.4) is 0 Å². The number of likely N-dealkylation sites (tertiary alicyclic amines) is 1. The first kappa shape index (κ1) is 14.4. The van der Waals surface area contributed by atoms with Gasteiger partial charge in [-0.3, -0.25) is 9.59 Å². The van der Waals surface area contributed by atoms with E-state index in [4.69, 9.17) is 0 Å². The number of aliphatic hydroxyl groups is 1. The maximum absolute atomic E-state index is 13.1. The van der Waals surface area contributed by atoms with Gasteiger partial charge >= 0.3 is 0 Å². The van der Waals surface area contributed by atoms with Gasteiger partial charge < -0.3 is 10.0 Å². The predicted octanol–water partition coefficient (Wildman–Crippen LogP) is 1.36. The number of hydrogen-bond donors (Lipinski definition) is 1. The molecule has 0 radical (unpaired) electrons. The molecule has 108 valence electrons. The van der Waals surface area contributed by atoms with Crippen molar-refractivity contribution in [2.45, 2.75) is 57.6 Å². The molecule has 1 saturated carbocycles. The van der Waals surface area contributed by atoms with Gasteiger partial charge in [0.05, 0.1) is 11.5 Å². The van der Waals surface area contributed by atoms with E-state index in [0.29, 0.717) is 6.54 Å². The Bertz CT molecular complexity index is 399. The molecule has 1 aliphatic heterocycles. The Kier molecular flexibility index (Phi) is 3.41. The van der Waals surface area contributed by atoms with Gasteiger partial charge in [-0.05, 0) is 26.7 Å². The summed E-state index contributed by atoms with van der Waals surface area (Å²) >= 11 is 0. The maximum atomic E-state index is 13.1. The minimum absolute atomic E-state index is 0.166. The highest BCUT2D eigenvalue weighted by Gasteiger charge is 2.58. The molecule has 1 N–H and O–H groups in total. The van der Waals surface area contributed by atoms with Crippen LogP contribution in [-0.2, 0) is 9.59 Å². The summed E-state index contributed by atoms with van der Waals surface area (Å²) in [5.41, 5.74) is -0.718. The van der Waals surface area contributed by atoms with E-state index >= 15 is 0 Å². The molecule has 19 heavy (non-hydrogen) atoms. The number of Topliss-reactive ketones (excluding diaryl/α,β-unsaturated/α-hetero) is 1. The minimum atomic E-state index is -2.67. The van der Waals surface area contributed by atoms with Crippen LogP contribution >= 0.6 is 0 Å². The van der Waals surface area contributed by atoms with Gasteiger partial charge in [-0.15, -0.1) is 0 Å². The molecule has 0 aromatic rings. The van der Waals surface area contributed by atoms with Crippen molar-refractivity contribution in [3.63, 3.8) is 0 Å². The Morgan fingerprint density at radius 3 is 2.21 bits per heavy atom. The number of aliphatic hydroxyl groups excluding tert-OH is 1. The minimum Gasteiger partial charge on any atom is -0.391 e. The fourth-order valence-electron chi connectivity index (χ4n) is 3.19. The second-order valence-corrected chi connectivity index (χ2v) is 5.87. The lowest BCUT2D eigenvalue weighted by atomic mass is 9.66. The molecule has 2 rings (SSSR count). The monoisotopic (exact) mass is 275 g/mol. The molecule has 0 bridgehead atoms. The van der Waals surface area contributed by atoms with Crippen molar-refractivity contribution in [1.29, 1.82) is 0 Å². The van der Waals surface area contributed by atoms with Gasteiger partial charge in [0.15, 0.2) is 5.78 Å². The largest absolute Gasteiger partial charge is 0.391 e. The van der Waals surface area contributed by atoms with Crippen LogP contribution in [0, 0.1) is 5.41 Å². The Morgan fingerprint density at radius 2 is 1.84 bits per heavy atom. The van der Waals surface area contributed by atoms with Gasteiger partial charge in [0.1, 0.15) is 6.04 Å². The third kappa shape index (κ3) is 2.38. The third-order valence-corrected chi connectivity index (χ3v) is 4.34. The van der Waals surface area contributed by atoms with Gasteiger partial charge in [-0.25, -0.2) is 8.78 Å². The highest BCUT2D eigenvalue weighted by atomic mass is 19.3. The van der Waals surface area contributed by atoms with E-state index in [1.54, 1.807) is 0 Å². The van der Waals surface area contributed by atoms with Crippen LogP contribution in [0.5, 0.6) is 0 Å². The summed E-state index contributed by atoms with van der Waals surface area (Å²) in [6.07, 6.45) is -1.15. The Labute approximate surface area is 110 Å². The summed E-state index contributed by atoms with van der Waals surface area (Å²) in [4.78, 5) is 25.0. The van der Waals surface area contributed by atoms with E-state index in [-0.39, 0.29) is 37.4 Å². The van der Waals surface area contributed by atoms with E-state index in [1.807, 2.05) is 0 Å². The first-order valence-electron chi connectivity index (χ1n) is 6.56. The van der Waals surface area contributed by atoms with Crippen LogP contribution in [0.2, 0.25) is 0 Å². The van der Waals surface area contributed by atoms with Crippen LogP contribution in [0.4, 0.5) is 8.78 Å². The predicted molar refractivity (Wildman–Crippen MR) is 63.7 cm³/mol. The smallest absolute Gasteiger partial charge is 0.248 e. The summed E-state index contributed by atoms with van der Waals surface area (Å²) in [7, 11) is 0. The summed E-state index contributed by atoms with van der Waals surface area (Å²) in [6, 6.07) is -0.847. The third-order valence-electron chi connectivity index (χ3n) is 4.34. The van der Waals surface area contributed by atoms with Crippen molar-refractivity contribution in [3.05, 3.63) is 0 Å². The van der Waals surface area contributed by atoms with Crippen molar-refractivity contribution < 1.29 is 23.5 Å². The fraction of sp³-hybridized carbons (Fsp3) is 0.846. The van der Waals surface area contributed by atoms with Crippen molar-refractivity contribution in [2.75, 3.05) is 6.54 Å². The standard InChI is InChI=1S/C13H19F2NO3/c1-8(17)10(9(2)18)16-7-12(11(16)19)3-5-13(14,15)6-4-12/h8,10,17H,3-7H2,1-2H3/t8-,10?/m1/s1. The first-order chi connectivity index (χ1) is 8.68. The summed E-state index contributed by atoms with van der Waals surface area (Å²) in [5.74, 6) is -3.21. The van der Waals surface area contributed by atoms with E-state index in [2.05, 4.69) is 0 Å². The molecule has 1 heterocycles. The summed E-state index contributed by atoms with van der Waals surface area (Å²) < 4.78 is 26.3. The number of amides is 1. The van der Waals surface area contributed by atoms with Crippen molar-refractivity contribution in [3.8, 4) is 0 Å². The van der Waals surface area contributed by atoms with E-state index in [0.717, 1.165) is 0 Å². The maximum Gasteiger partial charge on any atom is 0.248 e. The molecule has 2 aliphatic rings.